The third-order valence-corrected chi connectivity index (χ3v) is 6.49. The molecule has 0 radical (unpaired) electrons. The molecule has 32 heavy (non-hydrogen) atoms. The zero-order valence-corrected chi connectivity index (χ0v) is 18.9. The van der Waals surface area contributed by atoms with Crippen molar-refractivity contribution in [1.82, 2.24) is 9.97 Å². The number of hydrogen-bond acceptors (Lipinski definition) is 6. The van der Waals surface area contributed by atoms with Crippen molar-refractivity contribution in [2.75, 3.05) is 25.7 Å². The first-order chi connectivity index (χ1) is 15.6. The minimum Gasteiger partial charge on any atom is -0.495 e. The van der Waals surface area contributed by atoms with Crippen LogP contribution in [-0.2, 0) is 35.2 Å². The number of hydrogen-bond donors (Lipinski definition) is 0. The number of anilines is 2. The number of halogens is 1. The van der Waals surface area contributed by atoms with Crippen LogP contribution >= 0.6 is 11.6 Å². The standard InChI is InChI=1S/C25H24ClN3O3/c1-31-22-9-7-17(14-19(22)26)24-27-20-5-3-4-18(20)25(28-24)29-11-10-16-12-15(6-8-21(16)29)13-23(30)32-2/h6-9,12,14H,3-5,10-11,13H2,1-2H3. The predicted octanol–water partition coefficient (Wildman–Crippen LogP) is 4.70. The highest BCUT2D eigenvalue weighted by atomic mass is 35.5. The highest BCUT2D eigenvalue weighted by Crippen LogP contribution is 2.40. The second-order valence-electron chi connectivity index (χ2n) is 8.12. The SMILES string of the molecule is COC(=O)Cc1ccc2c(c1)CCN2c1nc(-c2ccc(OC)c(Cl)c2)nc2c1CCC2. The van der Waals surface area contributed by atoms with Crippen LogP contribution in [0.15, 0.2) is 36.4 Å². The molecule has 1 aliphatic heterocycles. The minimum atomic E-state index is -0.226. The van der Waals surface area contributed by atoms with E-state index >= 15 is 0 Å². The lowest BCUT2D eigenvalue weighted by Crippen LogP contribution is -2.18. The van der Waals surface area contributed by atoms with E-state index in [9.17, 15) is 4.79 Å². The molecule has 0 N–H and O–H groups in total. The van der Waals surface area contributed by atoms with Gasteiger partial charge in [0.15, 0.2) is 5.82 Å². The normalized spacial score (nSPS) is 14.3. The first-order valence-electron chi connectivity index (χ1n) is 10.8. The first kappa shape index (κ1) is 20.8. The zero-order chi connectivity index (χ0) is 22.2. The van der Waals surface area contributed by atoms with Gasteiger partial charge in [0.2, 0.25) is 0 Å². The number of esters is 1. The van der Waals surface area contributed by atoms with Crippen molar-refractivity contribution in [2.45, 2.75) is 32.1 Å². The molecular formula is C25H24ClN3O3. The Hall–Kier alpha value is -3.12. The lowest BCUT2D eigenvalue weighted by molar-refractivity contribution is -0.139. The third-order valence-electron chi connectivity index (χ3n) is 6.19. The van der Waals surface area contributed by atoms with Gasteiger partial charge in [0.05, 0.1) is 25.7 Å². The maximum Gasteiger partial charge on any atom is 0.309 e. The molecule has 0 saturated heterocycles. The number of aromatic nitrogens is 2. The molecule has 0 spiro atoms. The quantitative estimate of drug-likeness (QED) is 0.526. The summed E-state index contributed by atoms with van der Waals surface area (Å²) in [7, 11) is 3.02. The molecule has 7 heteroatoms. The molecule has 0 saturated carbocycles. The van der Waals surface area contributed by atoms with Gasteiger partial charge in [-0.1, -0.05) is 23.7 Å². The van der Waals surface area contributed by atoms with Gasteiger partial charge in [-0.2, -0.15) is 0 Å². The summed E-state index contributed by atoms with van der Waals surface area (Å²) in [6.07, 6.45) is 4.23. The maximum absolute atomic E-state index is 11.7. The van der Waals surface area contributed by atoms with Gasteiger partial charge < -0.3 is 14.4 Å². The van der Waals surface area contributed by atoms with E-state index in [0.717, 1.165) is 60.6 Å². The van der Waals surface area contributed by atoms with Crippen LogP contribution in [0, 0.1) is 0 Å². The van der Waals surface area contributed by atoms with Gasteiger partial charge in [0.25, 0.3) is 0 Å². The van der Waals surface area contributed by atoms with E-state index in [1.54, 1.807) is 7.11 Å². The predicted molar refractivity (Wildman–Crippen MR) is 124 cm³/mol. The lowest BCUT2D eigenvalue weighted by Gasteiger charge is -2.22. The number of aryl methyl sites for hydroxylation is 1. The molecule has 3 aromatic rings. The summed E-state index contributed by atoms with van der Waals surface area (Å²) in [6, 6.07) is 11.9. The van der Waals surface area contributed by atoms with E-state index < -0.39 is 0 Å². The number of ether oxygens (including phenoxy) is 2. The van der Waals surface area contributed by atoms with Gasteiger partial charge in [-0.3, -0.25) is 4.79 Å². The van der Waals surface area contributed by atoms with Crippen LogP contribution in [-0.4, -0.2) is 36.7 Å². The van der Waals surface area contributed by atoms with Crippen molar-refractivity contribution in [3.8, 4) is 17.1 Å². The summed E-state index contributed by atoms with van der Waals surface area (Å²) in [4.78, 5) is 23.8. The number of carbonyl (C=O) groups excluding carboxylic acids is 1. The topological polar surface area (TPSA) is 64.5 Å². The van der Waals surface area contributed by atoms with Gasteiger partial charge in [-0.15, -0.1) is 0 Å². The van der Waals surface area contributed by atoms with Crippen molar-refractivity contribution in [3.63, 3.8) is 0 Å². The lowest BCUT2D eigenvalue weighted by atomic mass is 10.1. The second-order valence-corrected chi connectivity index (χ2v) is 8.52. The summed E-state index contributed by atoms with van der Waals surface area (Å²) in [6.45, 7) is 0.850. The molecule has 2 heterocycles. The van der Waals surface area contributed by atoms with Gasteiger partial charge in [0, 0.05) is 29.1 Å². The fourth-order valence-corrected chi connectivity index (χ4v) is 4.85. The Labute approximate surface area is 192 Å². The van der Waals surface area contributed by atoms with E-state index in [-0.39, 0.29) is 12.4 Å². The van der Waals surface area contributed by atoms with Crippen LogP contribution in [0.25, 0.3) is 11.4 Å². The number of benzene rings is 2. The molecule has 0 atom stereocenters. The first-order valence-corrected chi connectivity index (χ1v) is 11.1. The number of rotatable bonds is 5. The van der Waals surface area contributed by atoms with E-state index in [1.165, 1.54) is 18.2 Å². The zero-order valence-electron chi connectivity index (χ0n) is 18.2. The molecule has 0 bridgehead atoms. The average molecular weight is 450 g/mol. The highest BCUT2D eigenvalue weighted by molar-refractivity contribution is 6.32. The number of carbonyl (C=O) groups is 1. The van der Waals surface area contributed by atoms with Crippen molar-refractivity contribution in [1.29, 1.82) is 0 Å². The van der Waals surface area contributed by atoms with Crippen LogP contribution in [0.2, 0.25) is 5.02 Å². The van der Waals surface area contributed by atoms with Gasteiger partial charge in [-0.25, -0.2) is 9.97 Å². The summed E-state index contributed by atoms with van der Waals surface area (Å²) in [5, 5.41) is 0.542. The van der Waals surface area contributed by atoms with E-state index in [2.05, 4.69) is 17.0 Å². The highest BCUT2D eigenvalue weighted by Gasteiger charge is 2.28. The number of nitrogens with zero attached hydrogens (tertiary/aromatic N) is 3. The van der Waals surface area contributed by atoms with Crippen LogP contribution in [0.3, 0.4) is 0 Å². The Morgan fingerprint density at radius 2 is 1.97 bits per heavy atom. The second kappa shape index (κ2) is 8.43. The van der Waals surface area contributed by atoms with E-state index in [4.69, 9.17) is 31.0 Å². The summed E-state index contributed by atoms with van der Waals surface area (Å²) in [5.41, 5.74) is 6.57. The fourth-order valence-electron chi connectivity index (χ4n) is 4.59. The molecule has 1 aromatic heterocycles. The summed E-state index contributed by atoms with van der Waals surface area (Å²) in [5.74, 6) is 2.07. The molecule has 2 aromatic carbocycles. The van der Waals surface area contributed by atoms with E-state index in [0.29, 0.717) is 16.6 Å². The Balaban J connectivity index is 1.54. The largest absolute Gasteiger partial charge is 0.495 e. The molecular weight excluding hydrogens is 426 g/mol. The minimum absolute atomic E-state index is 0.226. The van der Waals surface area contributed by atoms with E-state index in [1.807, 2.05) is 24.3 Å². The molecule has 5 rings (SSSR count). The van der Waals surface area contributed by atoms with Gasteiger partial charge >= 0.3 is 5.97 Å². The van der Waals surface area contributed by atoms with Crippen LogP contribution in [0.4, 0.5) is 11.5 Å². The summed E-state index contributed by atoms with van der Waals surface area (Å²) < 4.78 is 10.1. The molecule has 0 amide bonds. The van der Waals surface area contributed by atoms with Gasteiger partial charge in [0.1, 0.15) is 11.6 Å². The Kier molecular flexibility index (Phi) is 5.47. The molecule has 1 aliphatic carbocycles. The van der Waals surface area contributed by atoms with Crippen LogP contribution in [0.1, 0.15) is 28.8 Å². The monoisotopic (exact) mass is 449 g/mol. The molecule has 0 fully saturated rings. The fraction of sp³-hybridized carbons (Fsp3) is 0.320. The molecule has 2 aliphatic rings. The van der Waals surface area contributed by atoms with Crippen molar-refractivity contribution in [2.24, 2.45) is 0 Å². The van der Waals surface area contributed by atoms with Crippen molar-refractivity contribution >= 4 is 29.1 Å². The van der Waals surface area contributed by atoms with Crippen LogP contribution < -0.4 is 9.64 Å². The molecule has 164 valence electrons. The van der Waals surface area contributed by atoms with Crippen molar-refractivity contribution in [3.05, 3.63) is 63.8 Å². The number of fused-ring (bicyclic) bond motifs is 2. The smallest absolute Gasteiger partial charge is 0.309 e. The number of methoxy groups -OCH3 is 2. The average Bonchev–Trinajstić information content (AvgIpc) is 3.45. The molecule has 0 unspecified atom stereocenters. The van der Waals surface area contributed by atoms with Gasteiger partial charge in [-0.05, 0) is 61.1 Å². The Morgan fingerprint density at radius 3 is 2.75 bits per heavy atom. The third kappa shape index (κ3) is 3.69. The molecule has 6 nitrogen and oxygen atoms in total. The maximum atomic E-state index is 11.7. The Bertz CT molecular complexity index is 1210. The Morgan fingerprint density at radius 1 is 1.09 bits per heavy atom. The van der Waals surface area contributed by atoms with Crippen molar-refractivity contribution < 1.29 is 14.3 Å². The summed E-state index contributed by atoms with van der Waals surface area (Å²) >= 11 is 6.37. The van der Waals surface area contributed by atoms with Crippen LogP contribution in [0.5, 0.6) is 5.75 Å².